The van der Waals surface area contributed by atoms with Gasteiger partial charge >= 0.3 is 0 Å². The molecule has 1 amide bonds. The number of carbonyl (C=O) groups excluding carboxylic acids is 1. The molecule has 0 saturated carbocycles. The molecule has 0 N–H and O–H groups in total. The van der Waals surface area contributed by atoms with E-state index < -0.39 is 0 Å². The molecule has 2 aromatic rings. The third kappa shape index (κ3) is 3.31. The lowest BCUT2D eigenvalue weighted by molar-refractivity contribution is 0.0730. The first-order valence-corrected chi connectivity index (χ1v) is 9.42. The highest BCUT2D eigenvalue weighted by Crippen LogP contribution is 2.31. The third-order valence-electron chi connectivity index (χ3n) is 4.88. The van der Waals surface area contributed by atoms with Crippen LogP contribution >= 0.6 is 22.9 Å². The highest BCUT2D eigenvalue weighted by atomic mass is 35.5. The van der Waals surface area contributed by atoms with Gasteiger partial charge in [-0.1, -0.05) is 11.6 Å². The fourth-order valence-corrected chi connectivity index (χ4v) is 4.86. The second-order valence-electron chi connectivity index (χ2n) is 6.53. The molecule has 7 heteroatoms. The van der Waals surface area contributed by atoms with Gasteiger partial charge in [0.05, 0.1) is 10.5 Å². The highest BCUT2D eigenvalue weighted by Gasteiger charge is 2.37. The average Bonchev–Trinajstić information content (AvgIpc) is 2.82. The zero-order valence-corrected chi connectivity index (χ0v) is 14.8. The summed E-state index contributed by atoms with van der Waals surface area (Å²) in [5.41, 5.74) is 0.440. The SMILES string of the molecule is O=C(c1cnccn1)N1C[C@H]2CC[C@@H](C1)N(Cc1ccc(Cl)s1)C2. The Morgan fingerprint density at radius 1 is 1.25 bits per heavy atom. The first kappa shape index (κ1) is 16.0. The van der Waals surface area contributed by atoms with Gasteiger partial charge in [0.1, 0.15) is 5.69 Å². The zero-order chi connectivity index (χ0) is 16.5. The molecule has 0 spiro atoms. The van der Waals surface area contributed by atoms with Crippen LogP contribution < -0.4 is 0 Å². The topological polar surface area (TPSA) is 49.3 Å². The number of amides is 1. The lowest BCUT2D eigenvalue weighted by atomic mass is 9.95. The van der Waals surface area contributed by atoms with E-state index in [0.717, 1.165) is 36.9 Å². The van der Waals surface area contributed by atoms with Crippen LogP contribution in [0, 0.1) is 5.92 Å². The maximum Gasteiger partial charge on any atom is 0.274 e. The largest absolute Gasteiger partial charge is 0.335 e. The van der Waals surface area contributed by atoms with Crippen molar-refractivity contribution in [1.82, 2.24) is 19.8 Å². The van der Waals surface area contributed by atoms with Crippen molar-refractivity contribution in [1.29, 1.82) is 0 Å². The second kappa shape index (κ2) is 6.78. The fourth-order valence-electron chi connectivity index (χ4n) is 3.75. The monoisotopic (exact) mass is 362 g/mol. The van der Waals surface area contributed by atoms with Crippen LogP contribution in [0.3, 0.4) is 0 Å². The molecule has 2 aromatic heterocycles. The van der Waals surface area contributed by atoms with E-state index in [0.29, 0.717) is 17.7 Å². The normalized spacial score (nSPS) is 24.1. The number of fused-ring (bicyclic) bond motifs is 4. The molecule has 2 bridgehead atoms. The Morgan fingerprint density at radius 2 is 2.17 bits per heavy atom. The summed E-state index contributed by atoms with van der Waals surface area (Å²) in [5.74, 6) is 0.529. The van der Waals surface area contributed by atoms with Gasteiger partial charge in [-0.25, -0.2) is 4.98 Å². The number of nitrogens with zero attached hydrogens (tertiary/aromatic N) is 4. The standard InChI is InChI=1S/C17H19ClN4OS/c18-16-4-3-14(24-16)11-21-8-12-1-2-13(21)10-22(9-12)17(23)15-7-19-5-6-20-15/h3-7,12-13H,1-2,8-11H2/t12-,13-/m0/s1. The lowest BCUT2D eigenvalue weighted by Crippen LogP contribution is -2.43. The molecule has 3 saturated heterocycles. The van der Waals surface area contributed by atoms with Crippen LogP contribution in [0.1, 0.15) is 28.2 Å². The summed E-state index contributed by atoms with van der Waals surface area (Å²) < 4.78 is 0.837. The number of hydrogen-bond acceptors (Lipinski definition) is 5. The number of hydrogen-bond donors (Lipinski definition) is 0. The van der Waals surface area contributed by atoms with E-state index in [1.54, 1.807) is 29.9 Å². The quantitative estimate of drug-likeness (QED) is 0.842. The Bertz CT molecular complexity index is 722. The van der Waals surface area contributed by atoms with E-state index in [1.165, 1.54) is 11.3 Å². The van der Waals surface area contributed by atoms with Crippen LogP contribution in [0.15, 0.2) is 30.7 Å². The number of halogens is 1. The zero-order valence-electron chi connectivity index (χ0n) is 13.3. The van der Waals surface area contributed by atoms with Crippen molar-refractivity contribution in [2.24, 2.45) is 5.92 Å². The van der Waals surface area contributed by atoms with Crippen molar-refractivity contribution in [3.63, 3.8) is 0 Å². The number of thiophene rings is 1. The molecule has 2 atom stereocenters. The van der Waals surface area contributed by atoms with Crippen molar-refractivity contribution < 1.29 is 4.79 Å². The minimum atomic E-state index is 0.000943. The Labute approximate surface area is 150 Å². The average molecular weight is 363 g/mol. The molecule has 24 heavy (non-hydrogen) atoms. The first-order valence-electron chi connectivity index (χ1n) is 8.22. The maximum absolute atomic E-state index is 12.7. The predicted molar refractivity (Wildman–Crippen MR) is 94.2 cm³/mol. The summed E-state index contributed by atoms with van der Waals surface area (Å²) in [4.78, 5) is 26.7. The Kier molecular flexibility index (Phi) is 4.52. The minimum absolute atomic E-state index is 0.000943. The van der Waals surface area contributed by atoms with Crippen LogP contribution in [0.25, 0.3) is 0 Å². The van der Waals surface area contributed by atoms with E-state index in [-0.39, 0.29) is 5.91 Å². The Morgan fingerprint density at radius 3 is 2.92 bits per heavy atom. The van der Waals surface area contributed by atoms with Crippen LogP contribution in [0.2, 0.25) is 4.34 Å². The predicted octanol–water partition coefficient (Wildman–Crippen LogP) is 2.93. The fraction of sp³-hybridized carbons (Fsp3) is 0.471. The lowest BCUT2D eigenvalue weighted by Gasteiger charge is -2.35. The van der Waals surface area contributed by atoms with Gasteiger partial charge in [0.2, 0.25) is 0 Å². The summed E-state index contributed by atoms with van der Waals surface area (Å²) >= 11 is 7.70. The van der Waals surface area contributed by atoms with Crippen molar-refractivity contribution in [2.45, 2.75) is 25.4 Å². The van der Waals surface area contributed by atoms with Gasteiger partial charge < -0.3 is 4.90 Å². The summed E-state index contributed by atoms with van der Waals surface area (Å²) in [6.45, 7) is 3.55. The van der Waals surface area contributed by atoms with Crippen molar-refractivity contribution in [3.05, 3.63) is 45.6 Å². The van der Waals surface area contributed by atoms with Crippen LogP contribution in [-0.4, -0.2) is 51.4 Å². The molecule has 3 fully saturated rings. The molecule has 5 heterocycles. The molecule has 3 aliphatic heterocycles. The molecular formula is C17H19ClN4OS. The van der Waals surface area contributed by atoms with Crippen LogP contribution in [-0.2, 0) is 6.54 Å². The van der Waals surface area contributed by atoms with Gasteiger partial charge in [0.15, 0.2) is 0 Å². The smallest absolute Gasteiger partial charge is 0.274 e. The second-order valence-corrected chi connectivity index (χ2v) is 8.33. The van der Waals surface area contributed by atoms with Gasteiger partial charge in [-0.2, -0.15) is 0 Å². The molecule has 3 aliphatic rings. The number of rotatable bonds is 3. The molecule has 0 aliphatic carbocycles. The number of piperidine rings is 1. The molecule has 0 aromatic carbocycles. The molecular weight excluding hydrogens is 344 g/mol. The molecule has 5 nitrogen and oxygen atoms in total. The van der Waals surface area contributed by atoms with Gasteiger partial charge in [-0.15, -0.1) is 11.3 Å². The summed E-state index contributed by atoms with van der Waals surface area (Å²) in [6, 6.07) is 4.47. The van der Waals surface area contributed by atoms with Crippen LogP contribution in [0.4, 0.5) is 0 Å². The van der Waals surface area contributed by atoms with E-state index in [9.17, 15) is 4.79 Å². The minimum Gasteiger partial charge on any atom is -0.335 e. The third-order valence-corrected chi connectivity index (χ3v) is 6.10. The summed E-state index contributed by atoms with van der Waals surface area (Å²) in [5, 5.41) is 0. The van der Waals surface area contributed by atoms with Crippen LogP contribution in [0.5, 0.6) is 0 Å². The summed E-state index contributed by atoms with van der Waals surface area (Å²) in [7, 11) is 0. The highest BCUT2D eigenvalue weighted by molar-refractivity contribution is 7.16. The van der Waals surface area contributed by atoms with Gasteiger partial charge in [-0.05, 0) is 30.9 Å². The molecule has 0 radical (unpaired) electrons. The van der Waals surface area contributed by atoms with Crippen molar-refractivity contribution in [2.75, 3.05) is 19.6 Å². The van der Waals surface area contributed by atoms with E-state index in [2.05, 4.69) is 20.9 Å². The van der Waals surface area contributed by atoms with Gasteiger partial charge in [0, 0.05) is 49.5 Å². The Balaban J connectivity index is 1.49. The number of aromatic nitrogens is 2. The van der Waals surface area contributed by atoms with Crippen molar-refractivity contribution >= 4 is 28.8 Å². The van der Waals surface area contributed by atoms with E-state index in [4.69, 9.17) is 11.6 Å². The Hall–Kier alpha value is -1.50. The number of carbonyl (C=O) groups is 1. The molecule has 5 rings (SSSR count). The first-order chi connectivity index (χ1) is 11.7. The molecule has 126 valence electrons. The summed E-state index contributed by atoms with van der Waals surface area (Å²) in [6.07, 6.45) is 7.06. The molecule has 0 unspecified atom stereocenters. The van der Waals surface area contributed by atoms with E-state index in [1.807, 2.05) is 11.0 Å². The van der Waals surface area contributed by atoms with E-state index >= 15 is 0 Å². The van der Waals surface area contributed by atoms with Gasteiger partial charge in [-0.3, -0.25) is 14.7 Å². The van der Waals surface area contributed by atoms with Gasteiger partial charge in [0.25, 0.3) is 5.91 Å². The maximum atomic E-state index is 12.7. The van der Waals surface area contributed by atoms with Crippen molar-refractivity contribution in [3.8, 4) is 0 Å².